The fourth-order valence-corrected chi connectivity index (χ4v) is 2.62. The number of nitriles is 1. The molecule has 0 aromatic rings. The molecule has 0 bridgehead atoms. The predicted molar refractivity (Wildman–Crippen MR) is 41.4 cm³/mol. The van der Waals surface area contributed by atoms with Crippen LogP contribution in [0.1, 0.15) is 26.2 Å². The second-order valence-corrected chi connectivity index (χ2v) is 4.78. The molecule has 1 unspecified atom stereocenters. The first-order chi connectivity index (χ1) is 5.48. The largest absolute Gasteiger partial charge is 0.309 e. The Morgan fingerprint density at radius 1 is 1.67 bits per heavy atom. The molecule has 0 radical (unpaired) electrons. The summed E-state index contributed by atoms with van der Waals surface area (Å²) < 4.78 is 32.6. The van der Waals surface area contributed by atoms with Crippen LogP contribution < -0.4 is 0 Å². The van der Waals surface area contributed by atoms with Gasteiger partial charge in [-0.1, -0.05) is 6.92 Å². The molecule has 1 saturated carbocycles. The highest BCUT2D eigenvalue weighted by Crippen LogP contribution is 2.51. The summed E-state index contributed by atoms with van der Waals surface area (Å²) in [6.07, 6.45) is 0.968. The van der Waals surface area contributed by atoms with Crippen molar-refractivity contribution in [3.63, 3.8) is 0 Å². The smallest absolute Gasteiger partial charge is 0.198 e. The van der Waals surface area contributed by atoms with Gasteiger partial charge in [0, 0.05) is 0 Å². The number of hydrogen-bond donors (Lipinski definition) is 0. The van der Waals surface area contributed by atoms with E-state index in [2.05, 4.69) is 0 Å². The van der Waals surface area contributed by atoms with Gasteiger partial charge in [-0.25, -0.2) is 0 Å². The summed E-state index contributed by atoms with van der Waals surface area (Å²) in [6, 6.07) is 1.84. The summed E-state index contributed by atoms with van der Waals surface area (Å²) in [5.41, 5.74) is 0. The lowest BCUT2D eigenvalue weighted by Crippen LogP contribution is -2.27. The highest BCUT2D eigenvalue weighted by Gasteiger charge is 2.60. The maximum atomic E-state index is 12.7. The van der Waals surface area contributed by atoms with Crippen LogP contribution in [0.25, 0.3) is 0 Å². The van der Waals surface area contributed by atoms with Crippen LogP contribution in [0.4, 0.5) is 3.89 Å². The van der Waals surface area contributed by atoms with Crippen molar-refractivity contribution in [2.45, 2.75) is 30.9 Å². The molecule has 5 heteroatoms. The fraction of sp³-hybridized carbons (Fsp3) is 0.857. The van der Waals surface area contributed by atoms with Crippen LogP contribution in [0, 0.1) is 17.2 Å². The van der Waals surface area contributed by atoms with E-state index in [1.807, 2.05) is 6.07 Å². The van der Waals surface area contributed by atoms with Gasteiger partial charge in [-0.15, -0.1) is 3.89 Å². The molecule has 12 heavy (non-hydrogen) atoms. The zero-order valence-electron chi connectivity index (χ0n) is 6.75. The van der Waals surface area contributed by atoms with E-state index >= 15 is 0 Å². The molecule has 1 aliphatic rings. The number of hydrogen-bond acceptors (Lipinski definition) is 3. The Morgan fingerprint density at radius 3 is 2.25 bits per heavy atom. The van der Waals surface area contributed by atoms with Crippen molar-refractivity contribution in [1.82, 2.24) is 0 Å². The first-order valence-electron chi connectivity index (χ1n) is 3.82. The third-order valence-electron chi connectivity index (χ3n) is 2.43. The van der Waals surface area contributed by atoms with E-state index in [9.17, 15) is 12.3 Å². The van der Waals surface area contributed by atoms with E-state index in [1.54, 1.807) is 6.92 Å². The molecule has 1 fully saturated rings. The van der Waals surface area contributed by atoms with Gasteiger partial charge >= 0.3 is 10.2 Å². The lowest BCUT2D eigenvalue weighted by atomic mass is 10.0. The summed E-state index contributed by atoms with van der Waals surface area (Å²) in [7, 11) is -4.54. The van der Waals surface area contributed by atoms with Gasteiger partial charge in [-0.3, -0.25) is 0 Å². The van der Waals surface area contributed by atoms with E-state index in [4.69, 9.17) is 5.26 Å². The lowest BCUT2D eigenvalue weighted by molar-refractivity contribution is 0.489. The van der Waals surface area contributed by atoms with Gasteiger partial charge in [0.1, 0.15) is 4.75 Å². The molecule has 0 heterocycles. The van der Waals surface area contributed by atoms with Crippen molar-refractivity contribution in [3.8, 4) is 6.07 Å². The minimum Gasteiger partial charge on any atom is -0.198 e. The van der Waals surface area contributed by atoms with E-state index in [1.165, 1.54) is 0 Å². The van der Waals surface area contributed by atoms with Gasteiger partial charge in [-0.2, -0.15) is 13.7 Å². The van der Waals surface area contributed by atoms with Crippen LogP contribution >= 0.6 is 0 Å². The fourth-order valence-electron chi connectivity index (χ4n) is 1.47. The Morgan fingerprint density at radius 2 is 2.17 bits per heavy atom. The Hall–Kier alpha value is -0.630. The molecule has 68 valence electrons. The van der Waals surface area contributed by atoms with E-state index in [0.29, 0.717) is 6.42 Å². The highest BCUT2D eigenvalue weighted by atomic mass is 32.3. The van der Waals surface area contributed by atoms with Gasteiger partial charge in [0.25, 0.3) is 0 Å². The third-order valence-corrected chi connectivity index (χ3v) is 4.09. The molecule has 0 N–H and O–H groups in total. The number of nitrogens with zero attached hydrogens (tertiary/aromatic N) is 1. The molecule has 0 amide bonds. The summed E-state index contributed by atoms with van der Waals surface area (Å²) in [4.78, 5) is 0. The summed E-state index contributed by atoms with van der Waals surface area (Å²) >= 11 is 0. The molecular weight excluding hydrogens is 181 g/mol. The van der Waals surface area contributed by atoms with Crippen molar-refractivity contribution < 1.29 is 12.3 Å². The maximum absolute atomic E-state index is 12.7. The molecule has 0 aromatic carbocycles. The molecular formula is C7H10FNO2S. The zero-order chi connectivity index (χ0) is 9.41. The van der Waals surface area contributed by atoms with Gasteiger partial charge < -0.3 is 0 Å². The number of rotatable bonds is 3. The van der Waals surface area contributed by atoms with Crippen molar-refractivity contribution in [2.75, 3.05) is 0 Å². The zero-order valence-corrected chi connectivity index (χ0v) is 7.57. The molecule has 0 saturated heterocycles. The highest BCUT2D eigenvalue weighted by molar-refractivity contribution is 7.88. The SMILES string of the molecule is CCC(C#N)C1(S(=O)(=O)F)CC1. The van der Waals surface area contributed by atoms with Gasteiger partial charge in [0.2, 0.25) is 0 Å². The van der Waals surface area contributed by atoms with Gasteiger partial charge in [-0.05, 0) is 19.3 Å². The second-order valence-electron chi connectivity index (χ2n) is 3.09. The first kappa shape index (κ1) is 9.46. The van der Waals surface area contributed by atoms with Gasteiger partial charge in [0.15, 0.2) is 0 Å². The molecule has 1 aliphatic carbocycles. The Labute approximate surface area is 71.4 Å². The first-order valence-corrected chi connectivity index (χ1v) is 5.20. The minimum absolute atomic E-state index is 0.290. The van der Waals surface area contributed by atoms with Crippen LogP contribution in [0.2, 0.25) is 0 Å². The van der Waals surface area contributed by atoms with Crippen molar-refractivity contribution in [3.05, 3.63) is 0 Å². The van der Waals surface area contributed by atoms with Crippen molar-refractivity contribution >= 4 is 10.2 Å². The van der Waals surface area contributed by atoms with E-state index in [0.717, 1.165) is 0 Å². The standard InChI is InChI=1S/C7H10FNO2S/c1-2-6(5-9)7(3-4-7)12(8,10)11/h6H,2-4H2,1H3. The van der Waals surface area contributed by atoms with Crippen LogP contribution in [0.3, 0.4) is 0 Å². The van der Waals surface area contributed by atoms with E-state index < -0.39 is 20.9 Å². The average molecular weight is 191 g/mol. The predicted octanol–water partition coefficient (Wildman–Crippen LogP) is 1.37. The second kappa shape index (κ2) is 2.70. The van der Waals surface area contributed by atoms with Gasteiger partial charge in [0.05, 0.1) is 12.0 Å². The lowest BCUT2D eigenvalue weighted by Gasteiger charge is -2.13. The Kier molecular flexibility index (Phi) is 2.13. The maximum Gasteiger partial charge on any atom is 0.309 e. The quantitative estimate of drug-likeness (QED) is 0.633. The summed E-state index contributed by atoms with van der Waals surface area (Å²) in [6.45, 7) is 1.69. The number of halogens is 1. The Bertz CT molecular complexity index is 313. The Balaban J connectivity index is 2.95. The van der Waals surface area contributed by atoms with Crippen molar-refractivity contribution in [1.29, 1.82) is 5.26 Å². The van der Waals surface area contributed by atoms with Crippen LogP contribution in [0.15, 0.2) is 0 Å². The third kappa shape index (κ3) is 1.20. The minimum atomic E-state index is -4.54. The van der Waals surface area contributed by atoms with Crippen LogP contribution in [-0.2, 0) is 10.2 Å². The summed E-state index contributed by atoms with van der Waals surface area (Å²) in [5, 5.41) is 8.58. The molecule has 3 nitrogen and oxygen atoms in total. The molecule has 0 spiro atoms. The summed E-state index contributed by atoms with van der Waals surface area (Å²) in [5.74, 6) is -0.688. The van der Waals surface area contributed by atoms with Crippen LogP contribution in [0.5, 0.6) is 0 Å². The van der Waals surface area contributed by atoms with Crippen LogP contribution in [-0.4, -0.2) is 13.2 Å². The molecule has 1 rings (SSSR count). The molecule has 0 aromatic heterocycles. The normalized spacial score (nSPS) is 22.8. The van der Waals surface area contributed by atoms with E-state index in [-0.39, 0.29) is 12.8 Å². The molecule has 0 aliphatic heterocycles. The molecule has 1 atom stereocenters. The van der Waals surface area contributed by atoms with Crippen molar-refractivity contribution in [2.24, 2.45) is 5.92 Å². The average Bonchev–Trinajstić information content (AvgIpc) is 2.69. The monoisotopic (exact) mass is 191 g/mol. The topological polar surface area (TPSA) is 57.9 Å².